The second-order valence-electron chi connectivity index (χ2n) is 5.73. The number of ether oxygens (including phenoxy) is 2. The van der Waals surface area contributed by atoms with E-state index in [1.165, 1.54) is 12.8 Å². The molecule has 1 fully saturated rings. The van der Waals surface area contributed by atoms with Gasteiger partial charge in [0.2, 0.25) is 5.88 Å². The Morgan fingerprint density at radius 1 is 1.35 bits per heavy atom. The van der Waals surface area contributed by atoms with Crippen LogP contribution < -0.4 is 15.4 Å². The van der Waals surface area contributed by atoms with Crippen molar-refractivity contribution >= 4 is 5.96 Å². The summed E-state index contributed by atoms with van der Waals surface area (Å²) in [4.78, 5) is 8.52. The number of rotatable bonds is 8. The van der Waals surface area contributed by atoms with Crippen LogP contribution in [-0.4, -0.2) is 44.4 Å². The molecule has 1 aromatic heterocycles. The quantitative estimate of drug-likeness (QED) is 0.436. The van der Waals surface area contributed by atoms with Crippen molar-refractivity contribution in [2.75, 3.05) is 27.3 Å². The molecule has 6 nitrogen and oxygen atoms in total. The fraction of sp³-hybridized carbons (Fsp3) is 0.647. The number of hydrogen-bond acceptors (Lipinski definition) is 4. The average Bonchev–Trinajstić information content (AvgIpc) is 3.07. The van der Waals surface area contributed by atoms with E-state index in [0.29, 0.717) is 12.6 Å². The van der Waals surface area contributed by atoms with Crippen LogP contribution in [0.15, 0.2) is 23.3 Å². The van der Waals surface area contributed by atoms with Crippen LogP contribution in [0.4, 0.5) is 0 Å². The number of methoxy groups -OCH3 is 1. The van der Waals surface area contributed by atoms with Gasteiger partial charge in [-0.25, -0.2) is 4.98 Å². The molecule has 2 rings (SSSR count). The Labute approximate surface area is 138 Å². The van der Waals surface area contributed by atoms with Gasteiger partial charge in [-0.05, 0) is 43.7 Å². The van der Waals surface area contributed by atoms with Gasteiger partial charge in [-0.3, -0.25) is 4.99 Å². The first kappa shape index (κ1) is 17.5. The van der Waals surface area contributed by atoms with Crippen LogP contribution in [0, 0.1) is 0 Å². The van der Waals surface area contributed by atoms with Gasteiger partial charge in [-0.2, -0.15) is 0 Å². The lowest BCUT2D eigenvalue weighted by Gasteiger charge is -2.14. The van der Waals surface area contributed by atoms with E-state index in [-0.39, 0.29) is 0 Å². The minimum absolute atomic E-state index is 0.334. The molecule has 1 aromatic rings. The molecule has 128 valence electrons. The largest absolute Gasteiger partial charge is 0.474 e. The average molecular weight is 320 g/mol. The molecule has 23 heavy (non-hydrogen) atoms. The zero-order chi connectivity index (χ0) is 16.3. The summed E-state index contributed by atoms with van der Waals surface area (Å²) in [5, 5.41) is 6.56. The highest BCUT2D eigenvalue weighted by atomic mass is 16.5. The van der Waals surface area contributed by atoms with Gasteiger partial charge in [0.15, 0.2) is 5.96 Å². The van der Waals surface area contributed by atoms with Crippen LogP contribution in [0.5, 0.6) is 5.88 Å². The molecule has 1 heterocycles. The van der Waals surface area contributed by atoms with E-state index in [2.05, 4.69) is 20.6 Å². The van der Waals surface area contributed by atoms with Crippen molar-refractivity contribution in [1.29, 1.82) is 0 Å². The molecule has 0 spiro atoms. The first-order valence-corrected chi connectivity index (χ1v) is 8.37. The minimum atomic E-state index is 0.334. The van der Waals surface area contributed by atoms with E-state index >= 15 is 0 Å². The van der Waals surface area contributed by atoms with Crippen molar-refractivity contribution in [2.24, 2.45) is 4.99 Å². The number of aliphatic imine (C=N–C) groups is 1. The lowest BCUT2D eigenvalue weighted by atomic mass is 10.2. The Balaban J connectivity index is 1.77. The van der Waals surface area contributed by atoms with Gasteiger partial charge in [-0.15, -0.1) is 0 Å². The van der Waals surface area contributed by atoms with Gasteiger partial charge >= 0.3 is 0 Å². The summed E-state index contributed by atoms with van der Waals surface area (Å²) < 4.78 is 11.0. The molecule has 0 atom stereocenters. The molecule has 6 heteroatoms. The summed E-state index contributed by atoms with van der Waals surface area (Å²) in [5.41, 5.74) is 1.13. The van der Waals surface area contributed by atoms with Gasteiger partial charge in [0.25, 0.3) is 0 Å². The highest BCUT2D eigenvalue weighted by molar-refractivity contribution is 5.79. The predicted molar refractivity (Wildman–Crippen MR) is 91.8 cm³/mol. The second-order valence-corrected chi connectivity index (χ2v) is 5.73. The van der Waals surface area contributed by atoms with Crippen LogP contribution in [-0.2, 0) is 11.3 Å². The van der Waals surface area contributed by atoms with E-state index in [4.69, 9.17) is 9.47 Å². The predicted octanol–water partition coefficient (Wildman–Crippen LogP) is 2.10. The van der Waals surface area contributed by atoms with Crippen molar-refractivity contribution in [1.82, 2.24) is 15.6 Å². The molecule has 0 saturated heterocycles. The molecule has 0 aromatic carbocycles. The van der Waals surface area contributed by atoms with Crippen molar-refractivity contribution in [2.45, 2.75) is 44.8 Å². The summed E-state index contributed by atoms with van der Waals surface area (Å²) in [6.45, 7) is 2.27. The highest BCUT2D eigenvalue weighted by Crippen LogP contribution is 2.23. The summed E-state index contributed by atoms with van der Waals surface area (Å²) >= 11 is 0. The summed E-state index contributed by atoms with van der Waals surface area (Å²) in [6, 6.07) is 4.00. The Kier molecular flexibility index (Phi) is 7.66. The Morgan fingerprint density at radius 3 is 2.91 bits per heavy atom. The third kappa shape index (κ3) is 6.44. The number of guanidine groups is 1. The zero-order valence-electron chi connectivity index (χ0n) is 14.2. The molecule has 0 unspecified atom stereocenters. The third-order valence-electron chi connectivity index (χ3n) is 3.89. The molecule has 1 saturated carbocycles. The van der Waals surface area contributed by atoms with E-state index in [1.807, 2.05) is 12.1 Å². The zero-order valence-corrected chi connectivity index (χ0v) is 14.2. The van der Waals surface area contributed by atoms with E-state index in [9.17, 15) is 0 Å². The first-order chi connectivity index (χ1) is 11.3. The van der Waals surface area contributed by atoms with Crippen LogP contribution in [0.1, 0.15) is 37.7 Å². The molecule has 2 N–H and O–H groups in total. The number of nitrogens with one attached hydrogen (secondary N) is 2. The maximum atomic E-state index is 5.94. The third-order valence-corrected chi connectivity index (χ3v) is 3.89. The maximum Gasteiger partial charge on any atom is 0.213 e. The number of pyridine rings is 1. The van der Waals surface area contributed by atoms with Crippen molar-refractivity contribution in [3.05, 3.63) is 23.9 Å². The van der Waals surface area contributed by atoms with E-state index in [1.54, 1.807) is 20.4 Å². The van der Waals surface area contributed by atoms with E-state index in [0.717, 1.165) is 49.8 Å². The van der Waals surface area contributed by atoms with E-state index < -0.39 is 0 Å². The van der Waals surface area contributed by atoms with Gasteiger partial charge in [0.1, 0.15) is 6.10 Å². The standard InChI is InChI=1S/C17H28N4O2/c1-18-17(20-9-5-11-22-2)21-13-14-8-10-19-16(12-14)23-15-6-3-4-7-15/h8,10,12,15H,3-7,9,11,13H2,1-2H3,(H2,18,20,21). The van der Waals surface area contributed by atoms with Crippen molar-refractivity contribution in [3.8, 4) is 5.88 Å². The van der Waals surface area contributed by atoms with Gasteiger partial charge < -0.3 is 20.1 Å². The molecule has 0 bridgehead atoms. The molecule has 1 aliphatic carbocycles. The number of aromatic nitrogens is 1. The molecular weight excluding hydrogens is 292 g/mol. The lowest BCUT2D eigenvalue weighted by molar-refractivity contribution is 0.195. The van der Waals surface area contributed by atoms with Crippen LogP contribution >= 0.6 is 0 Å². The highest BCUT2D eigenvalue weighted by Gasteiger charge is 2.16. The minimum Gasteiger partial charge on any atom is -0.474 e. The Bertz CT molecular complexity index is 487. The molecular formula is C17H28N4O2. The normalized spacial score (nSPS) is 15.7. The molecule has 0 radical (unpaired) electrons. The van der Waals surface area contributed by atoms with Crippen molar-refractivity contribution < 1.29 is 9.47 Å². The van der Waals surface area contributed by atoms with Gasteiger partial charge in [0, 0.05) is 46.1 Å². The number of nitrogens with zero attached hydrogens (tertiary/aromatic N) is 2. The first-order valence-electron chi connectivity index (χ1n) is 8.37. The van der Waals surface area contributed by atoms with Crippen LogP contribution in [0.2, 0.25) is 0 Å². The lowest BCUT2D eigenvalue weighted by Crippen LogP contribution is -2.37. The SMILES string of the molecule is CN=C(NCCCOC)NCc1ccnc(OC2CCCC2)c1. The summed E-state index contributed by atoms with van der Waals surface area (Å²) in [7, 11) is 3.48. The number of hydrogen-bond donors (Lipinski definition) is 2. The fourth-order valence-corrected chi connectivity index (χ4v) is 2.63. The molecule has 0 aliphatic heterocycles. The van der Waals surface area contributed by atoms with Crippen LogP contribution in [0.25, 0.3) is 0 Å². The van der Waals surface area contributed by atoms with Gasteiger partial charge in [-0.1, -0.05) is 0 Å². The molecule has 1 aliphatic rings. The maximum absolute atomic E-state index is 5.94. The monoisotopic (exact) mass is 320 g/mol. The fourth-order valence-electron chi connectivity index (χ4n) is 2.63. The topological polar surface area (TPSA) is 67.8 Å². The molecule has 0 amide bonds. The van der Waals surface area contributed by atoms with Crippen molar-refractivity contribution in [3.63, 3.8) is 0 Å². The Hall–Kier alpha value is -1.82. The summed E-state index contributed by atoms with van der Waals surface area (Å²) in [6.07, 6.45) is 7.89. The van der Waals surface area contributed by atoms with Gasteiger partial charge in [0.05, 0.1) is 0 Å². The Morgan fingerprint density at radius 2 is 2.17 bits per heavy atom. The second kappa shape index (κ2) is 10.0. The summed E-state index contributed by atoms with van der Waals surface area (Å²) in [5.74, 6) is 1.51. The smallest absolute Gasteiger partial charge is 0.213 e. The van der Waals surface area contributed by atoms with Crippen LogP contribution in [0.3, 0.4) is 0 Å².